The molecule has 2 heterocycles. The van der Waals surface area contributed by atoms with E-state index in [1.807, 2.05) is 54.6 Å². The van der Waals surface area contributed by atoms with E-state index in [1.165, 1.54) is 5.56 Å². The maximum atomic E-state index is 13.2. The van der Waals surface area contributed by atoms with E-state index in [4.69, 9.17) is 0 Å². The van der Waals surface area contributed by atoms with Crippen molar-refractivity contribution in [3.05, 3.63) is 94.5 Å². The first-order chi connectivity index (χ1) is 13.2. The van der Waals surface area contributed by atoms with Crippen LogP contribution in [0.3, 0.4) is 0 Å². The van der Waals surface area contributed by atoms with Crippen molar-refractivity contribution in [2.75, 3.05) is 5.32 Å². The average molecular weight is 356 g/mol. The molecule has 0 spiro atoms. The van der Waals surface area contributed by atoms with Crippen LogP contribution in [0.1, 0.15) is 18.1 Å². The normalized spacial score (nSPS) is 10.9. The number of rotatable bonds is 5. The van der Waals surface area contributed by atoms with Crippen LogP contribution < -0.4 is 10.9 Å². The van der Waals surface area contributed by atoms with Crippen LogP contribution in [0, 0.1) is 0 Å². The molecule has 2 aromatic heterocycles. The Kier molecular flexibility index (Phi) is 4.66. The van der Waals surface area contributed by atoms with Gasteiger partial charge in [-0.15, -0.1) is 0 Å². The van der Waals surface area contributed by atoms with E-state index in [1.54, 1.807) is 17.0 Å². The van der Waals surface area contributed by atoms with Gasteiger partial charge in [-0.25, -0.2) is 4.98 Å². The highest BCUT2D eigenvalue weighted by Crippen LogP contribution is 2.17. The predicted octanol–water partition coefficient (Wildman–Crippen LogP) is 4.15. The molecular weight excluding hydrogens is 336 g/mol. The minimum Gasteiger partial charge on any atom is -0.336 e. The molecule has 134 valence electrons. The van der Waals surface area contributed by atoms with Crippen LogP contribution in [0.5, 0.6) is 0 Å². The van der Waals surface area contributed by atoms with Crippen LogP contribution in [0.2, 0.25) is 0 Å². The third-order valence-electron chi connectivity index (χ3n) is 4.53. The molecule has 0 amide bonds. The highest BCUT2D eigenvalue weighted by atomic mass is 16.1. The van der Waals surface area contributed by atoms with Crippen LogP contribution in [0.25, 0.3) is 11.0 Å². The van der Waals surface area contributed by atoms with Gasteiger partial charge in [0, 0.05) is 11.9 Å². The van der Waals surface area contributed by atoms with Gasteiger partial charge >= 0.3 is 0 Å². The van der Waals surface area contributed by atoms with E-state index in [2.05, 4.69) is 28.3 Å². The zero-order chi connectivity index (χ0) is 18.6. The van der Waals surface area contributed by atoms with E-state index in [0.29, 0.717) is 12.4 Å². The lowest BCUT2D eigenvalue weighted by atomic mass is 10.1. The minimum absolute atomic E-state index is 0.166. The summed E-state index contributed by atoms with van der Waals surface area (Å²) in [6.07, 6.45) is 4.31. The van der Waals surface area contributed by atoms with Gasteiger partial charge in [-0.3, -0.25) is 14.3 Å². The zero-order valence-electron chi connectivity index (χ0n) is 15.1. The number of hydrogen-bond donors (Lipinski definition) is 1. The van der Waals surface area contributed by atoms with Crippen molar-refractivity contribution in [2.24, 2.45) is 0 Å². The van der Waals surface area contributed by atoms with Crippen molar-refractivity contribution in [1.82, 2.24) is 14.5 Å². The number of benzene rings is 2. The Morgan fingerprint density at radius 3 is 2.63 bits per heavy atom. The molecule has 5 nitrogen and oxygen atoms in total. The summed E-state index contributed by atoms with van der Waals surface area (Å²) < 4.78 is 1.72. The second-order valence-electron chi connectivity index (χ2n) is 6.38. The Bertz CT molecular complexity index is 1140. The molecule has 0 unspecified atom stereocenters. The Morgan fingerprint density at radius 1 is 1.00 bits per heavy atom. The van der Waals surface area contributed by atoms with E-state index in [9.17, 15) is 4.79 Å². The van der Waals surface area contributed by atoms with Gasteiger partial charge in [0.05, 0.1) is 23.8 Å². The zero-order valence-corrected chi connectivity index (χ0v) is 15.1. The monoisotopic (exact) mass is 356 g/mol. The standard InChI is InChI=1S/C22H20N4O/c1-2-16-9-6-10-18(13-16)24-21-22(27)26(15-17-7-4-3-5-8-17)20-14-23-12-11-19(20)25-21/h3-14H,2,15H2,1H3,(H,24,25). The van der Waals surface area contributed by atoms with Gasteiger partial charge in [0.25, 0.3) is 5.56 Å². The third-order valence-corrected chi connectivity index (χ3v) is 4.53. The number of aryl methyl sites for hydroxylation is 1. The minimum atomic E-state index is -0.166. The summed E-state index contributed by atoms with van der Waals surface area (Å²) in [5, 5.41) is 3.20. The van der Waals surface area contributed by atoms with Gasteiger partial charge in [0.1, 0.15) is 0 Å². The SMILES string of the molecule is CCc1cccc(Nc2nc3ccncc3n(Cc3ccccc3)c2=O)c1. The Hall–Kier alpha value is -3.47. The number of pyridine rings is 1. The van der Waals surface area contributed by atoms with Gasteiger partial charge in [0.15, 0.2) is 5.82 Å². The highest BCUT2D eigenvalue weighted by Gasteiger charge is 2.12. The Morgan fingerprint density at radius 2 is 1.81 bits per heavy atom. The van der Waals surface area contributed by atoms with Gasteiger partial charge in [0.2, 0.25) is 0 Å². The summed E-state index contributed by atoms with van der Waals surface area (Å²) in [6.45, 7) is 2.57. The fourth-order valence-corrected chi connectivity index (χ4v) is 3.10. The number of fused-ring (bicyclic) bond motifs is 1. The number of anilines is 2. The van der Waals surface area contributed by atoms with Crippen LogP contribution in [0.4, 0.5) is 11.5 Å². The largest absolute Gasteiger partial charge is 0.336 e. The molecule has 0 aliphatic heterocycles. The molecule has 0 radical (unpaired) electrons. The lowest BCUT2D eigenvalue weighted by Gasteiger charge is -2.13. The van der Waals surface area contributed by atoms with Crippen LogP contribution >= 0.6 is 0 Å². The van der Waals surface area contributed by atoms with Gasteiger partial charge in [-0.1, -0.05) is 49.4 Å². The molecule has 0 fully saturated rings. The average Bonchev–Trinajstić information content (AvgIpc) is 2.72. The van der Waals surface area contributed by atoms with Crippen LogP contribution in [-0.4, -0.2) is 14.5 Å². The molecule has 2 aromatic carbocycles. The van der Waals surface area contributed by atoms with E-state index >= 15 is 0 Å². The van der Waals surface area contributed by atoms with Crippen LogP contribution in [-0.2, 0) is 13.0 Å². The van der Waals surface area contributed by atoms with Crippen molar-refractivity contribution in [3.63, 3.8) is 0 Å². The molecule has 5 heteroatoms. The first-order valence-corrected chi connectivity index (χ1v) is 8.99. The topological polar surface area (TPSA) is 59.8 Å². The summed E-state index contributed by atoms with van der Waals surface area (Å²) in [6, 6.07) is 19.8. The number of nitrogens with zero attached hydrogens (tertiary/aromatic N) is 3. The fraction of sp³-hybridized carbons (Fsp3) is 0.136. The first kappa shape index (κ1) is 17.0. The van der Waals surface area contributed by atoms with E-state index in [-0.39, 0.29) is 5.56 Å². The molecular formula is C22H20N4O. The molecule has 1 N–H and O–H groups in total. The van der Waals surface area contributed by atoms with Gasteiger partial charge in [-0.05, 0) is 35.7 Å². The summed E-state index contributed by atoms with van der Waals surface area (Å²) in [5.74, 6) is 0.317. The smallest absolute Gasteiger partial charge is 0.294 e. The molecule has 4 aromatic rings. The summed E-state index contributed by atoms with van der Waals surface area (Å²) in [5.41, 5.74) is 4.40. The maximum Gasteiger partial charge on any atom is 0.294 e. The fourth-order valence-electron chi connectivity index (χ4n) is 3.10. The summed E-state index contributed by atoms with van der Waals surface area (Å²) >= 11 is 0. The predicted molar refractivity (Wildman–Crippen MR) is 108 cm³/mol. The van der Waals surface area contributed by atoms with E-state index < -0.39 is 0 Å². The van der Waals surface area contributed by atoms with Crippen molar-refractivity contribution < 1.29 is 0 Å². The Balaban J connectivity index is 1.81. The quantitative estimate of drug-likeness (QED) is 0.584. The molecule has 4 rings (SSSR count). The maximum absolute atomic E-state index is 13.2. The molecule has 0 bridgehead atoms. The summed E-state index contributed by atoms with van der Waals surface area (Å²) in [7, 11) is 0. The van der Waals surface area contributed by atoms with Gasteiger partial charge in [-0.2, -0.15) is 0 Å². The second-order valence-corrected chi connectivity index (χ2v) is 6.38. The lowest BCUT2D eigenvalue weighted by Crippen LogP contribution is -2.25. The van der Waals surface area contributed by atoms with Crippen molar-refractivity contribution in [2.45, 2.75) is 19.9 Å². The van der Waals surface area contributed by atoms with E-state index in [0.717, 1.165) is 28.7 Å². The highest BCUT2D eigenvalue weighted by molar-refractivity contribution is 5.76. The van der Waals surface area contributed by atoms with Crippen molar-refractivity contribution >= 4 is 22.5 Å². The number of nitrogens with one attached hydrogen (secondary N) is 1. The third kappa shape index (κ3) is 3.58. The Labute approximate surface area is 157 Å². The molecule has 0 aliphatic rings. The van der Waals surface area contributed by atoms with Gasteiger partial charge < -0.3 is 5.32 Å². The molecule has 0 atom stereocenters. The van der Waals surface area contributed by atoms with Crippen LogP contribution in [0.15, 0.2) is 77.9 Å². The number of hydrogen-bond acceptors (Lipinski definition) is 4. The van der Waals surface area contributed by atoms with Crippen molar-refractivity contribution in [1.29, 1.82) is 0 Å². The molecule has 0 aliphatic carbocycles. The lowest BCUT2D eigenvalue weighted by molar-refractivity contribution is 0.788. The molecule has 27 heavy (non-hydrogen) atoms. The van der Waals surface area contributed by atoms with Crippen molar-refractivity contribution in [3.8, 4) is 0 Å². The second kappa shape index (κ2) is 7.41. The first-order valence-electron chi connectivity index (χ1n) is 8.99. The summed E-state index contributed by atoms with van der Waals surface area (Å²) in [4.78, 5) is 21.9. The molecule has 0 saturated heterocycles. The number of aromatic nitrogens is 3. The molecule has 0 saturated carbocycles.